The van der Waals surface area contributed by atoms with E-state index in [1.54, 1.807) is 18.0 Å². The van der Waals surface area contributed by atoms with Crippen molar-refractivity contribution >= 4 is 12.0 Å². The minimum Gasteiger partial charge on any atom is -0.359 e. The fourth-order valence-corrected chi connectivity index (χ4v) is 2.89. The summed E-state index contributed by atoms with van der Waals surface area (Å²) >= 11 is 0. The predicted octanol–water partition coefficient (Wildman–Crippen LogP) is 4.09. The Labute approximate surface area is 165 Å². The van der Waals surface area contributed by atoms with E-state index < -0.39 is 0 Å². The lowest BCUT2D eigenvalue weighted by Crippen LogP contribution is -2.27. The van der Waals surface area contributed by atoms with E-state index in [4.69, 9.17) is 4.52 Å². The second-order valence-corrected chi connectivity index (χ2v) is 6.84. The average molecular weight is 375 g/mol. The van der Waals surface area contributed by atoms with Gasteiger partial charge in [-0.05, 0) is 18.2 Å². The zero-order valence-corrected chi connectivity index (χ0v) is 16.3. The molecule has 0 saturated carbocycles. The quantitative estimate of drug-likeness (QED) is 0.595. The van der Waals surface area contributed by atoms with Gasteiger partial charge in [0.25, 0.3) is 5.91 Å². The number of rotatable bonds is 8. The van der Waals surface area contributed by atoms with Gasteiger partial charge < -0.3 is 9.42 Å². The summed E-state index contributed by atoms with van der Waals surface area (Å²) < 4.78 is 5.36. The highest BCUT2D eigenvalue weighted by atomic mass is 16.5. The molecule has 2 aromatic carbocycles. The van der Waals surface area contributed by atoms with Gasteiger partial charge in [0.2, 0.25) is 0 Å². The molecule has 0 atom stereocenters. The number of carbonyl (C=O) groups excluding carboxylic acids is 1. The summed E-state index contributed by atoms with van der Waals surface area (Å²) in [7, 11) is 3.77. The number of likely N-dealkylation sites (N-methyl/N-ethyl adjacent to an activating group) is 1. The van der Waals surface area contributed by atoms with Crippen LogP contribution in [0.4, 0.5) is 0 Å². The van der Waals surface area contributed by atoms with Crippen molar-refractivity contribution in [2.24, 2.45) is 0 Å². The molecule has 0 N–H and O–H groups in total. The normalized spacial score (nSPS) is 11.2. The fourth-order valence-electron chi connectivity index (χ4n) is 2.89. The number of nitrogens with zero attached hydrogens (tertiary/aromatic N) is 3. The summed E-state index contributed by atoms with van der Waals surface area (Å²) in [5.41, 5.74) is 2.66. The fraction of sp³-hybridized carbons (Fsp3) is 0.217. The molecule has 0 aliphatic carbocycles. The average Bonchev–Trinajstić information content (AvgIpc) is 3.17. The van der Waals surface area contributed by atoms with E-state index in [1.807, 2.05) is 67.7 Å². The molecule has 0 aliphatic rings. The molecule has 0 aliphatic heterocycles. The second kappa shape index (κ2) is 9.67. The number of hydrogen-bond donors (Lipinski definition) is 0. The van der Waals surface area contributed by atoms with E-state index in [2.05, 4.69) is 22.2 Å². The first-order valence-electron chi connectivity index (χ1n) is 9.27. The molecule has 1 amide bonds. The number of aromatic nitrogens is 1. The largest absolute Gasteiger partial charge is 0.359 e. The Bertz CT molecular complexity index is 904. The van der Waals surface area contributed by atoms with Crippen LogP contribution in [0.3, 0.4) is 0 Å². The Kier molecular flexibility index (Phi) is 6.76. The van der Waals surface area contributed by atoms with Gasteiger partial charge in [0, 0.05) is 26.2 Å². The Morgan fingerprint density at radius 3 is 2.39 bits per heavy atom. The molecule has 5 nitrogen and oxygen atoms in total. The van der Waals surface area contributed by atoms with Crippen LogP contribution in [0.25, 0.3) is 6.08 Å². The number of amides is 1. The number of carbonyl (C=O) groups is 1. The third-order valence-electron chi connectivity index (χ3n) is 4.33. The maximum atomic E-state index is 12.5. The van der Waals surface area contributed by atoms with Crippen molar-refractivity contribution in [1.29, 1.82) is 0 Å². The molecular weight excluding hydrogens is 350 g/mol. The molecule has 144 valence electrons. The zero-order chi connectivity index (χ0) is 19.8. The summed E-state index contributed by atoms with van der Waals surface area (Å²) in [6, 6.07) is 21.9. The molecule has 1 aromatic heterocycles. The highest BCUT2D eigenvalue weighted by Gasteiger charge is 2.17. The van der Waals surface area contributed by atoms with Gasteiger partial charge in [0.05, 0.1) is 6.54 Å². The Morgan fingerprint density at radius 2 is 1.68 bits per heavy atom. The molecule has 0 saturated heterocycles. The van der Waals surface area contributed by atoms with Crippen molar-refractivity contribution in [2.45, 2.75) is 13.1 Å². The van der Waals surface area contributed by atoms with Crippen LogP contribution in [-0.4, -0.2) is 41.5 Å². The van der Waals surface area contributed by atoms with Gasteiger partial charge in [-0.25, -0.2) is 0 Å². The summed E-state index contributed by atoms with van der Waals surface area (Å²) in [5, 5.41) is 3.95. The van der Waals surface area contributed by atoms with Crippen molar-refractivity contribution in [2.75, 3.05) is 20.6 Å². The van der Waals surface area contributed by atoms with E-state index in [9.17, 15) is 4.79 Å². The van der Waals surface area contributed by atoms with Gasteiger partial charge in [-0.3, -0.25) is 9.69 Å². The van der Waals surface area contributed by atoms with Crippen LogP contribution >= 0.6 is 0 Å². The van der Waals surface area contributed by atoms with Crippen LogP contribution in [-0.2, 0) is 13.1 Å². The molecule has 0 unspecified atom stereocenters. The molecule has 0 radical (unpaired) electrons. The molecule has 3 aromatic rings. The van der Waals surface area contributed by atoms with Crippen LogP contribution in [0.1, 0.15) is 27.4 Å². The molecule has 1 heterocycles. The van der Waals surface area contributed by atoms with E-state index in [1.165, 1.54) is 5.56 Å². The first-order valence-corrected chi connectivity index (χ1v) is 9.27. The van der Waals surface area contributed by atoms with Crippen LogP contribution in [0.15, 0.2) is 77.3 Å². The third-order valence-corrected chi connectivity index (χ3v) is 4.33. The minimum atomic E-state index is -0.154. The highest BCUT2D eigenvalue weighted by molar-refractivity contribution is 5.92. The number of hydrogen-bond acceptors (Lipinski definition) is 4. The molecule has 28 heavy (non-hydrogen) atoms. The Morgan fingerprint density at radius 1 is 1.00 bits per heavy atom. The Hall–Kier alpha value is -3.18. The van der Waals surface area contributed by atoms with Crippen LogP contribution in [0.5, 0.6) is 0 Å². The van der Waals surface area contributed by atoms with Gasteiger partial charge in [-0.2, -0.15) is 0 Å². The van der Waals surface area contributed by atoms with Gasteiger partial charge in [0.15, 0.2) is 11.5 Å². The van der Waals surface area contributed by atoms with Crippen molar-refractivity contribution in [3.63, 3.8) is 0 Å². The molecule has 0 bridgehead atoms. The van der Waals surface area contributed by atoms with Gasteiger partial charge in [0.1, 0.15) is 0 Å². The lowest BCUT2D eigenvalue weighted by Gasteiger charge is -2.14. The number of benzene rings is 2. The first-order chi connectivity index (χ1) is 13.6. The van der Waals surface area contributed by atoms with Crippen molar-refractivity contribution in [3.05, 3.63) is 95.4 Å². The van der Waals surface area contributed by atoms with E-state index in [0.717, 1.165) is 12.1 Å². The maximum absolute atomic E-state index is 12.5. The van der Waals surface area contributed by atoms with E-state index >= 15 is 0 Å². The standard InChI is InChI=1S/C23H25N3O2/c1-25(17-20-12-7-4-8-13-20)18-21-16-22(24-28-21)23(27)26(2)15-9-14-19-10-5-3-6-11-19/h3-14,16H,15,17-18H2,1-2H3/b14-9+. The SMILES string of the molecule is CN(Cc1ccccc1)Cc1cc(C(=O)N(C)C/C=C/c2ccccc2)no1. The first kappa shape index (κ1) is 19.6. The van der Waals surface area contributed by atoms with Gasteiger partial charge >= 0.3 is 0 Å². The van der Waals surface area contributed by atoms with Crippen LogP contribution < -0.4 is 0 Å². The van der Waals surface area contributed by atoms with Crippen LogP contribution in [0.2, 0.25) is 0 Å². The van der Waals surface area contributed by atoms with E-state index in [-0.39, 0.29) is 5.91 Å². The third kappa shape index (κ3) is 5.66. The summed E-state index contributed by atoms with van der Waals surface area (Å²) in [5.74, 6) is 0.522. The maximum Gasteiger partial charge on any atom is 0.276 e. The van der Waals surface area contributed by atoms with Gasteiger partial charge in [-0.15, -0.1) is 0 Å². The minimum absolute atomic E-state index is 0.154. The molecule has 0 fully saturated rings. The topological polar surface area (TPSA) is 49.6 Å². The van der Waals surface area contributed by atoms with Crippen molar-refractivity contribution in [3.8, 4) is 0 Å². The Balaban J connectivity index is 1.52. The molecule has 3 rings (SSSR count). The molecule has 0 spiro atoms. The van der Waals surface area contributed by atoms with Gasteiger partial charge in [-0.1, -0.05) is 78.0 Å². The monoisotopic (exact) mass is 375 g/mol. The predicted molar refractivity (Wildman–Crippen MR) is 111 cm³/mol. The lowest BCUT2D eigenvalue weighted by molar-refractivity contribution is 0.0800. The van der Waals surface area contributed by atoms with Crippen molar-refractivity contribution < 1.29 is 9.32 Å². The van der Waals surface area contributed by atoms with Crippen molar-refractivity contribution in [1.82, 2.24) is 15.0 Å². The van der Waals surface area contributed by atoms with Crippen LogP contribution in [0, 0.1) is 0 Å². The van der Waals surface area contributed by atoms with E-state index in [0.29, 0.717) is 24.5 Å². The summed E-state index contributed by atoms with van der Waals surface area (Å²) in [4.78, 5) is 16.3. The second-order valence-electron chi connectivity index (χ2n) is 6.84. The smallest absolute Gasteiger partial charge is 0.276 e. The summed E-state index contributed by atoms with van der Waals surface area (Å²) in [6.45, 7) is 1.89. The zero-order valence-electron chi connectivity index (χ0n) is 16.3. The summed E-state index contributed by atoms with van der Waals surface area (Å²) in [6.07, 6.45) is 3.96. The molecule has 5 heteroatoms. The molecular formula is C23H25N3O2. The lowest BCUT2D eigenvalue weighted by atomic mass is 10.2. The highest BCUT2D eigenvalue weighted by Crippen LogP contribution is 2.11.